The quantitative estimate of drug-likeness (QED) is 0.615. The molecular weight excluding hydrogens is 226 g/mol. The summed E-state index contributed by atoms with van der Waals surface area (Å²) in [4.78, 5) is 24.4. The average molecular weight is 237 g/mol. The minimum absolute atomic E-state index is 0.00977. The zero-order valence-electron chi connectivity index (χ0n) is 9.39. The molecule has 90 valence electrons. The van der Waals surface area contributed by atoms with E-state index in [4.69, 9.17) is 14.6 Å². The van der Waals surface area contributed by atoms with Crippen molar-refractivity contribution in [1.29, 1.82) is 0 Å². The molecule has 0 aliphatic carbocycles. The molecule has 0 unspecified atom stereocenters. The molecule has 0 saturated carbocycles. The highest BCUT2D eigenvalue weighted by atomic mass is 16.5. The molecule has 0 bridgehead atoms. The summed E-state index contributed by atoms with van der Waals surface area (Å²) in [5, 5.41) is 8.91. The second kappa shape index (κ2) is 5.67. The smallest absolute Gasteiger partial charge is 0.335 e. The molecule has 0 aliphatic heterocycles. The molecule has 0 atom stereocenters. The number of carboxylic acids is 1. The first kappa shape index (κ1) is 12.7. The average Bonchev–Trinajstić information content (AvgIpc) is 2.34. The van der Waals surface area contributed by atoms with Crippen molar-refractivity contribution < 1.29 is 24.2 Å². The molecule has 17 heavy (non-hydrogen) atoms. The second-order valence-electron chi connectivity index (χ2n) is 3.08. The molecular formula is C11H11NO5. The van der Waals surface area contributed by atoms with Crippen molar-refractivity contribution in [3.05, 3.63) is 23.3 Å². The van der Waals surface area contributed by atoms with Crippen molar-refractivity contribution in [2.45, 2.75) is 6.54 Å². The Morgan fingerprint density at radius 2 is 2.12 bits per heavy atom. The van der Waals surface area contributed by atoms with Crippen LogP contribution in [0.4, 0.5) is 0 Å². The molecule has 0 aliphatic rings. The van der Waals surface area contributed by atoms with Gasteiger partial charge in [0.25, 0.3) is 0 Å². The first-order chi connectivity index (χ1) is 8.13. The third kappa shape index (κ3) is 2.83. The molecule has 6 nitrogen and oxygen atoms in total. The van der Waals surface area contributed by atoms with Gasteiger partial charge in [0.2, 0.25) is 6.08 Å². The van der Waals surface area contributed by atoms with Gasteiger partial charge in [-0.2, -0.15) is 0 Å². The second-order valence-corrected chi connectivity index (χ2v) is 3.08. The summed E-state index contributed by atoms with van der Waals surface area (Å²) in [6.45, 7) is -0.00977. The highest BCUT2D eigenvalue weighted by molar-refractivity contribution is 5.89. The van der Waals surface area contributed by atoms with Gasteiger partial charge in [-0.1, -0.05) is 0 Å². The SMILES string of the molecule is COc1cc(C(=O)O)cc(CN=C=O)c1OC. The molecule has 0 heterocycles. The van der Waals surface area contributed by atoms with E-state index in [0.29, 0.717) is 11.3 Å². The molecule has 1 N–H and O–H groups in total. The fraction of sp³-hybridized carbons (Fsp3) is 0.273. The van der Waals surface area contributed by atoms with Gasteiger partial charge < -0.3 is 14.6 Å². The van der Waals surface area contributed by atoms with Gasteiger partial charge in [0.1, 0.15) is 0 Å². The van der Waals surface area contributed by atoms with E-state index in [1.54, 1.807) is 0 Å². The molecule has 6 heteroatoms. The van der Waals surface area contributed by atoms with Crippen LogP contribution in [0.25, 0.3) is 0 Å². The number of benzene rings is 1. The van der Waals surface area contributed by atoms with Gasteiger partial charge in [0.15, 0.2) is 11.5 Å². The van der Waals surface area contributed by atoms with E-state index in [2.05, 4.69) is 4.99 Å². The lowest BCUT2D eigenvalue weighted by molar-refractivity contribution is 0.0696. The number of carbonyl (C=O) groups excluding carboxylic acids is 1. The molecule has 0 aromatic heterocycles. The Hall–Kier alpha value is -2.33. The molecule has 0 spiro atoms. The van der Waals surface area contributed by atoms with Crippen LogP contribution in [-0.4, -0.2) is 31.4 Å². The van der Waals surface area contributed by atoms with E-state index in [-0.39, 0.29) is 17.9 Å². The number of ether oxygens (including phenoxy) is 2. The van der Waals surface area contributed by atoms with Crippen LogP contribution < -0.4 is 9.47 Å². The Kier molecular flexibility index (Phi) is 4.25. The minimum atomic E-state index is -1.10. The zero-order valence-corrected chi connectivity index (χ0v) is 9.39. The normalized spacial score (nSPS) is 9.29. The van der Waals surface area contributed by atoms with Crippen LogP contribution in [0.3, 0.4) is 0 Å². The summed E-state index contributed by atoms with van der Waals surface area (Å²) in [5.74, 6) is -0.456. The lowest BCUT2D eigenvalue weighted by Crippen LogP contribution is -2.02. The van der Waals surface area contributed by atoms with Crippen LogP contribution >= 0.6 is 0 Å². The Morgan fingerprint density at radius 1 is 1.41 bits per heavy atom. The van der Waals surface area contributed by atoms with Crippen LogP contribution in [0.2, 0.25) is 0 Å². The Balaban J connectivity index is 3.35. The van der Waals surface area contributed by atoms with Crippen molar-refractivity contribution >= 4 is 12.0 Å². The number of hydrogen-bond acceptors (Lipinski definition) is 5. The lowest BCUT2D eigenvalue weighted by atomic mass is 10.1. The Labute approximate surface area is 97.5 Å². The number of aromatic carboxylic acids is 1. The maximum Gasteiger partial charge on any atom is 0.335 e. The van der Waals surface area contributed by atoms with Gasteiger partial charge in [-0.05, 0) is 12.1 Å². The molecule has 0 radical (unpaired) electrons. The van der Waals surface area contributed by atoms with Gasteiger partial charge in [-0.25, -0.2) is 14.6 Å². The van der Waals surface area contributed by atoms with Crippen LogP contribution in [0.15, 0.2) is 17.1 Å². The number of carboxylic acid groups (broad SMARTS) is 1. The van der Waals surface area contributed by atoms with Crippen LogP contribution in [-0.2, 0) is 11.3 Å². The lowest BCUT2D eigenvalue weighted by Gasteiger charge is -2.12. The van der Waals surface area contributed by atoms with Crippen LogP contribution in [0.5, 0.6) is 11.5 Å². The van der Waals surface area contributed by atoms with Gasteiger partial charge >= 0.3 is 5.97 Å². The van der Waals surface area contributed by atoms with Crippen molar-refractivity contribution in [3.63, 3.8) is 0 Å². The number of rotatable bonds is 5. The van der Waals surface area contributed by atoms with Crippen molar-refractivity contribution in [1.82, 2.24) is 0 Å². The van der Waals surface area contributed by atoms with Gasteiger partial charge in [-0.3, -0.25) is 0 Å². The monoisotopic (exact) mass is 237 g/mol. The third-order valence-electron chi connectivity index (χ3n) is 2.12. The summed E-state index contributed by atoms with van der Waals surface area (Å²) < 4.78 is 10.1. The first-order valence-corrected chi connectivity index (χ1v) is 4.65. The van der Waals surface area contributed by atoms with Crippen LogP contribution in [0, 0.1) is 0 Å². The largest absolute Gasteiger partial charge is 0.493 e. The molecule has 1 aromatic carbocycles. The number of hydrogen-bond donors (Lipinski definition) is 1. The van der Waals surface area contributed by atoms with E-state index in [1.165, 1.54) is 32.4 Å². The topological polar surface area (TPSA) is 85.2 Å². The number of carbonyl (C=O) groups is 1. The Bertz CT molecular complexity index is 477. The Morgan fingerprint density at radius 3 is 2.59 bits per heavy atom. The van der Waals surface area contributed by atoms with Crippen molar-refractivity contribution in [3.8, 4) is 11.5 Å². The first-order valence-electron chi connectivity index (χ1n) is 4.65. The molecule has 0 amide bonds. The van der Waals surface area contributed by atoms with E-state index < -0.39 is 5.97 Å². The number of isocyanates is 1. The number of methoxy groups -OCH3 is 2. The maximum absolute atomic E-state index is 10.9. The standard InChI is InChI=1S/C11H11NO5/c1-16-9-4-7(11(14)15)3-8(5-12-6-13)10(9)17-2/h3-4H,5H2,1-2H3,(H,14,15). The fourth-order valence-corrected chi connectivity index (χ4v) is 1.40. The van der Waals surface area contributed by atoms with Crippen LogP contribution in [0.1, 0.15) is 15.9 Å². The maximum atomic E-state index is 10.9. The summed E-state index contributed by atoms with van der Waals surface area (Å²) in [5.41, 5.74) is 0.492. The molecule has 0 fully saturated rings. The van der Waals surface area contributed by atoms with E-state index in [9.17, 15) is 9.59 Å². The predicted octanol–water partition coefficient (Wildman–Crippen LogP) is 1.24. The summed E-state index contributed by atoms with van der Waals surface area (Å²) in [6.07, 6.45) is 1.38. The molecule has 0 saturated heterocycles. The van der Waals surface area contributed by atoms with E-state index >= 15 is 0 Å². The minimum Gasteiger partial charge on any atom is -0.493 e. The van der Waals surface area contributed by atoms with E-state index in [1.807, 2.05) is 0 Å². The van der Waals surface area contributed by atoms with Crippen molar-refractivity contribution in [2.75, 3.05) is 14.2 Å². The summed E-state index contributed by atoms with van der Waals surface area (Å²) in [6, 6.07) is 2.72. The molecule has 1 rings (SSSR count). The fourth-order valence-electron chi connectivity index (χ4n) is 1.40. The highest BCUT2D eigenvalue weighted by Gasteiger charge is 2.15. The third-order valence-corrected chi connectivity index (χ3v) is 2.12. The van der Waals surface area contributed by atoms with Gasteiger partial charge in [0, 0.05) is 5.56 Å². The summed E-state index contributed by atoms with van der Waals surface area (Å²) >= 11 is 0. The summed E-state index contributed by atoms with van der Waals surface area (Å²) in [7, 11) is 2.82. The van der Waals surface area contributed by atoms with E-state index in [0.717, 1.165) is 0 Å². The number of nitrogens with zero attached hydrogens (tertiary/aromatic N) is 1. The predicted molar refractivity (Wildman–Crippen MR) is 58.3 cm³/mol. The van der Waals surface area contributed by atoms with Gasteiger partial charge in [0.05, 0.1) is 26.3 Å². The molecule has 1 aromatic rings. The highest BCUT2D eigenvalue weighted by Crippen LogP contribution is 2.33. The number of aliphatic imine (C=N–C) groups is 1. The zero-order chi connectivity index (χ0) is 12.8. The van der Waals surface area contributed by atoms with Crippen molar-refractivity contribution in [2.24, 2.45) is 4.99 Å². The van der Waals surface area contributed by atoms with Gasteiger partial charge in [-0.15, -0.1) is 0 Å².